The second-order valence-corrected chi connectivity index (χ2v) is 6.43. The van der Waals surface area contributed by atoms with Crippen LogP contribution in [0.3, 0.4) is 0 Å². The third-order valence-corrected chi connectivity index (χ3v) is 4.52. The summed E-state index contributed by atoms with van der Waals surface area (Å²) >= 11 is 1.42. The summed E-state index contributed by atoms with van der Waals surface area (Å²) in [5.41, 5.74) is 0.834. The Labute approximate surface area is 150 Å². The number of ether oxygens (including phenoxy) is 2. The van der Waals surface area contributed by atoms with Crippen molar-refractivity contribution < 1.29 is 14.3 Å². The normalized spacial score (nSPS) is 11.9. The van der Waals surface area contributed by atoms with Gasteiger partial charge in [0.1, 0.15) is 11.5 Å². The van der Waals surface area contributed by atoms with E-state index in [1.54, 1.807) is 0 Å². The highest BCUT2D eigenvalue weighted by Crippen LogP contribution is 2.29. The Morgan fingerprint density at radius 1 is 1.16 bits per heavy atom. The van der Waals surface area contributed by atoms with E-state index in [2.05, 4.69) is 10.3 Å². The van der Waals surface area contributed by atoms with E-state index in [9.17, 15) is 4.79 Å². The van der Waals surface area contributed by atoms with Crippen molar-refractivity contribution >= 4 is 32.6 Å². The van der Waals surface area contributed by atoms with Crippen LogP contribution in [0.15, 0.2) is 48.5 Å². The van der Waals surface area contributed by atoms with Crippen molar-refractivity contribution in [2.45, 2.75) is 26.4 Å². The van der Waals surface area contributed by atoms with Crippen LogP contribution in [-0.4, -0.2) is 23.6 Å². The van der Waals surface area contributed by atoms with E-state index in [1.807, 2.05) is 62.4 Å². The highest BCUT2D eigenvalue weighted by molar-refractivity contribution is 7.22. The molecule has 0 unspecified atom stereocenters. The van der Waals surface area contributed by atoms with Gasteiger partial charge in [-0.05, 0) is 43.7 Å². The number of rotatable bonds is 7. The number of thiazole rings is 1. The van der Waals surface area contributed by atoms with Crippen LogP contribution in [0.5, 0.6) is 11.5 Å². The van der Waals surface area contributed by atoms with Crippen molar-refractivity contribution in [1.29, 1.82) is 0 Å². The lowest BCUT2D eigenvalue weighted by molar-refractivity contribution is -0.122. The molecule has 0 aliphatic carbocycles. The largest absolute Gasteiger partial charge is 0.494 e. The standard InChI is InChI=1S/C19H20N2O3S/c1-3-16(24-13-8-6-5-7-9-13)18(22)21-19-20-15-11-10-14(23-4-2)12-17(15)25-19/h5-12,16H,3-4H2,1-2H3,(H,20,21,22)/t16-/m0/s1. The lowest BCUT2D eigenvalue weighted by atomic mass is 10.2. The zero-order chi connectivity index (χ0) is 17.6. The molecule has 25 heavy (non-hydrogen) atoms. The van der Waals surface area contributed by atoms with Gasteiger partial charge in [0.05, 0.1) is 16.8 Å². The fraction of sp³-hybridized carbons (Fsp3) is 0.263. The van der Waals surface area contributed by atoms with Crippen molar-refractivity contribution in [1.82, 2.24) is 4.98 Å². The Hall–Kier alpha value is -2.60. The Morgan fingerprint density at radius 2 is 1.96 bits per heavy atom. The Kier molecular flexibility index (Phi) is 5.50. The maximum Gasteiger partial charge on any atom is 0.267 e. The van der Waals surface area contributed by atoms with Gasteiger partial charge >= 0.3 is 0 Å². The first-order valence-electron chi connectivity index (χ1n) is 8.25. The molecule has 0 radical (unpaired) electrons. The highest BCUT2D eigenvalue weighted by atomic mass is 32.1. The number of hydrogen-bond donors (Lipinski definition) is 1. The van der Waals surface area contributed by atoms with Crippen LogP contribution in [0.1, 0.15) is 20.3 Å². The average Bonchev–Trinajstić information content (AvgIpc) is 3.02. The molecule has 2 aromatic carbocycles. The van der Waals surface area contributed by atoms with Crippen molar-refractivity contribution in [3.8, 4) is 11.5 Å². The number of amides is 1. The summed E-state index contributed by atoms with van der Waals surface area (Å²) in [4.78, 5) is 17.0. The molecule has 0 aliphatic rings. The highest BCUT2D eigenvalue weighted by Gasteiger charge is 2.20. The maximum absolute atomic E-state index is 12.5. The lowest BCUT2D eigenvalue weighted by Gasteiger charge is -2.16. The topological polar surface area (TPSA) is 60.5 Å². The molecule has 1 aromatic heterocycles. The molecule has 0 aliphatic heterocycles. The second-order valence-electron chi connectivity index (χ2n) is 5.40. The molecule has 5 nitrogen and oxygen atoms in total. The smallest absolute Gasteiger partial charge is 0.267 e. The third-order valence-electron chi connectivity index (χ3n) is 3.59. The molecule has 3 aromatic rings. The van der Waals surface area contributed by atoms with E-state index in [-0.39, 0.29) is 5.91 Å². The fourth-order valence-corrected chi connectivity index (χ4v) is 3.28. The molecule has 1 amide bonds. The molecule has 1 heterocycles. The molecule has 0 saturated carbocycles. The summed E-state index contributed by atoms with van der Waals surface area (Å²) in [7, 11) is 0. The number of nitrogens with zero attached hydrogens (tertiary/aromatic N) is 1. The number of hydrogen-bond acceptors (Lipinski definition) is 5. The first-order valence-corrected chi connectivity index (χ1v) is 9.07. The maximum atomic E-state index is 12.5. The Morgan fingerprint density at radius 3 is 2.68 bits per heavy atom. The van der Waals surface area contributed by atoms with E-state index in [0.717, 1.165) is 16.0 Å². The minimum Gasteiger partial charge on any atom is -0.494 e. The third kappa shape index (κ3) is 4.28. The van der Waals surface area contributed by atoms with Gasteiger partial charge < -0.3 is 9.47 Å². The summed E-state index contributed by atoms with van der Waals surface area (Å²) in [6.07, 6.45) is 0.00789. The van der Waals surface area contributed by atoms with Gasteiger partial charge in [0.2, 0.25) is 0 Å². The van der Waals surface area contributed by atoms with Gasteiger partial charge in [0, 0.05) is 0 Å². The van der Waals surface area contributed by atoms with Crippen LogP contribution in [0.4, 0.5) is 5.13 Å². The molecule has 0 saturated heterocycles. The van der Waals surface area contributed by atoms with E-state index >= 15 is 0 Å². The van der Waals surface area contributed by atoms with Gasteiger partial charge in [-0.3, -0.25) is 10.1 Å². The molecular formula is C19H20N2O3S. The number of anilines is 1. The number of carbonyl (C=O) groups excluding carboxylic acids is 1. The molecule has 130 valence electrons. The van der Waals surface area contributed by atoms with E-state index < -0.39 is 6.10 Å². The second kappa shape index (κ2) is 7.98. The zero-order valence-electron chi connectivity index (χ0n) is 14.2. The summed E-state index contributed by atoms with van der Waals surface area (Å²) in [6, 6.07) is 15.0. The van der Waals surface area contributed by atoms with Crippen molar-refractivity contribution in [2.24, 2.45) is 0 Å². The number of para-hydroxylation sites is 1. The van der Waals surface area contributed by atoms with Gasteiger partial charge in [0.25, 0.3) is 5.91 Å². The van der Waals surface area contributed by atoms with E-state index in [0.29, 0.717) is 23.9 Å². The van der Waals surface area contributed by atoms with Crippen molar-refractivity contribution in [2.75, 3.05) is 11.9 Å². The molecule has 0 bridgehead atoms. The van der Waals surface area contributed by atoms with Crippen LogP contribution >= 0.6 is 11.3 Å². The lowest BCUT2D eigenvalue weighted by Crippen LogP contribution is -2.32. The Bertz CT molecular complexity index is 848. The van der Waals surface area contributed by atoms with Crippen LogP contribution in [0, 0.1) is 0 Å². The predicted molar refractivity (Wildman–Crippen MR) is 101 cm³/mol. The molecule has 0 spiro atoms. The fourth-order valence-electron chi connectivity index (χ4n) is 2.39. The minimum atomic E-state index is -0.562. The number of benzene rings is 2. The molecule has 3 rings (SSSR count). The first kappa shape index (κ1) is 17.2. The molecule has 1 atom stereocenters. The average molecular weight is 356 g/mol. The van der Waals surface area contributed by atoms with Crippen LogP contribution in [-0.2, 0) is 4.79 Å². The van der Waals surface area contributed by atoms with Gasteiger partial charge in [-0.25, -0.2) is 4.98 Å². The van der Waals surface area contributed by atoms with Gasteiger partial charge in [-0.15, -0.1) is 0 Å². The predicted octanol–water partition coefficient (Wildman–Crippen LogP) is 4.49. The Balaban J connectivity index is 1.71. The van der Waals surface area contributed by atoms with E-state index in [4.69, 9.17) is 9.47 Å². The number of fused-ring (bicyclic) bond motifs is 1. The van der Waals surface area contributed by atoms with Gasteiger partial charge in [-0.1, -0.05) is 36.5 Å². The van der Waals surface area contributed by atoms with Crippen LogP contribution in [0.25, 0.3) is 10.2 Å². The molecule has 1 N–H and O–H groups in total. The minimum absolute atomic E-state index is 0.199. The van der Waals surface area contributed by atoms with Crippen molar-refractivity contribution in [3.05, 3.63) is 48.5 Å². The monoisotopic (exact) mass is 356 g/mol. The first-order chi connectivity index (χ1) is 12.2. The summed E-state index contributed by atoms with van der Waals surface area (Å²) in [6.45, 7) is 4.48. The van der Waals surface area contributed by atoms with Crippen molar-refractivity contribution in [3.63, 3.8) is 0 Å². The number of carbonyl (C=O) groups is 1. The van der Waals surface area contributed by atoms with E-state index in [1.165, 1.54) is 11.3 Å². The van der Waals surface area contributed by atoms with Gasteiger partial charge in [-0.2, -0.15) is 0 Å². The van der Waals surface area contributed by atoms with Crippen LogP contribution in [0.2, 0.25) is 0 Å². The zero-order valence-corrected chi connectivity index (χ0v) is 15.0. The molecular weight excluding hydrogens is 336 g/mol. The molecule has 6 heteroatoms. The number of nitrogens with one attached hydrogen (secondary N) is 1. The summed E-state index contributed by atoms with van der Waals surface area (Å²) in [5, 5.41) is 3.42. The summed E-state index contributed by atoms with van der Waals surface area (Å²) in [5.74, 6) is 1.28. The van der Waals surface area contributed by atoms with Crippen LogP contribution < -0.4 is 14.8 Å². The summed E-state index contributed by atoms with van der Waals surface area (Å²) < 4.78 is 12.2. The van der Waals surface area contributed by atoms with Gasteiger partial charge in [0.15, 0.2) is 11.2 Å². The molecule has 0 fully saturated rings. The number of aromatic nitrogens is 1. The SMILES string of the molecule is CCOc1ccc2nc(NC(=O)[C@H](CC)Oc3ccccc3)sc2c1. The quantitative estimate of drug-likeness (QED) is 0.677.